The van der Waals surface area contributed by atoms with Gasteiger partial charge in [-0.05, 0) is 110 Å². The molecule has 518 valence electrons. The van der Waals surface area contributed by atoms with Gasteiger partial charge in [-0.2, -0.15) is 21.6 Å². The smallest absolute Gasteiger partial charge is 0.408 e. The largest absolute Gasteiger partial charge is 0.523 e. The second-order valence-electron chi connectivity index (χ2n) is 28.3. The van der Waals surface area contributed by atoms with E-state index in [1.165, 1.54) is 17.2 Å². The summed E-state index contributed by atoms with van der Waals surface area (Å²) < 4.78 is 117. The highest BCUT2D eigenvalue weighted by Gasteiger charge is 2.75. The number of imidazole rings is 2. The van der Waals surface area contributed by atoms with Crippen LogP contribution in [0.3, 0.4) is 0 Å². The van der Waals surface area contributed by atoms with Gasteiger partial charge in [0.1, 0.15) is 42.2 Å². The second kappa shape index (κ2) is 26.8. The van der Waals surface area contributed by atoms with Gasteiger partial charge in [0, 0.05) is 11.1 Å². The molecule has 2 aliphatic heterocycles. The number of rotatable bonds is 22. The molecule has 2 saturated heterocycles. The van der Waals surface area contributed by atoms with Crippen LogP contribution in [-0.2, 0) is 55.3 Å². The average Bonchev–Trinajstić information content (AvgIpc) is 1.54. The van der Waals surface area contributed by atoms with Gasteiger partial charge in [0.05, 0.1) is 37.1 Å². The Bertz CT molecular complexity index is 4220. The highest BCUT2D eigenvalue weighted by molar-refractivity contribution is 7.87. The van der Waals surface area contributed by atoms with Crippen molar-refractivity contribution in [3.63, 3.8) is 0 Å². The van der Waals surface area contributed by atoms with E-state index in [2.05, 4.69) is 115 Å². The van der Waals surface area contributed by atoms with Gasteiger partial charge in [0.25, 0.3) is 11.8 Å². The summed E-state index contributed by atoms with van der Waals surface area (Å²) in [6.45, 7) is 25.7. The molecule has 0 spiro atoms. The third-order valence-electron chi connectivity index (χ3n) is 20.1. The molecule has 2 aliphatic carbocycles. The lowest BCUT2D eigenvalue weighted by atomic mass is 9.84. The number of aliphatic hydroxyl groups is 1. The molecule has 28 heteroatoms. The number of ether oxygens (including phenoxy) is 4. The fraction of sp³-hybridized carbons (Fsp3) is 0.478. The molecule has 8 atom stereocenters. The summed E-state index contributed by atoms with van der Waals surface area (Å²) in [6, 6.07) is 36.2. The van der Waals surface area contributed by atoms with Crippen LogP contribution in [0.15, 0.2) is 147 Å². The van der Waals surface area contributed by atoms with Crippen molar-refractivity contribution in [2.45, 2.75) is 208 Å². The number of aliphatic hydroxyl groups excluding tert-OH is 1. The van der Waals surface area contributed by atoms with Crippen molar-refractivity contribution in [3.05, 3.63) is 169 Å². The quantitative estimate of drug-likeness (QED) is 0.0323. The van der Waals surface area contributed by atoms with E-state index >= 15 is 0 Å². The zero-order valence-corrected chi connectivity index (χ0v) is 59.4. The van der Waals surface area contributed by atoms with E-state index in [0.717, 1.165) is 24.7 Å². The molecule has 2 amide bonds. The topological polar surface area (TPSA) is 264 Å². The first-order valence-corrected chi connectivity index (χ1v) is 39.8. The highest BCUT2D eigenvalue weighted by atomic mass is 32.2. The number of fused-ring (bicyclic) bond motifs is 2. The van der Waals surface area contributed by atoms with Gasteiger partial charge >= 0.3 is 15.6 Å². The molecule has 4 unspecified atom stereocenters. The van der Waals surface area contributed by atoms with Crippen molar-refractivity contribution in [1.82, 2.24) is 39.0 Å². The maximum Gasteiger partial charge on any atom is 0.523 e. The summed E-state index contributed by atoms with van der Waals surface area (Å²) in [5.41, 5.74) is -6.27. The number of alkyl halides is 3. The first-order valence-electron chi connectivity index (χ1n) is 32.6. The fourth-order valence-corrected chi connectivity index (χ4v) is 16.7. The minimum Gasteiger partial charge on any atom is -0.408 e. The Labute approximate surface area is 564 Å². The minimum absolute atomic E-state index is 0.00735. The van der Waals surface area contributed by atoms with Gasteiger partial charge < -0.3 is 43.5 Å². The maximum atomic E-state index is 14.1. The third-order valence-corrected chi connectivity index (χ3v) is 30.2. The molecule has 3 N–H and O–H groups in total. The summed E-state index contributed by atoms with van der Waals surface area (Å²) >= 11 is 0. The lowest BCUT2D eigenvalue weighted by Gasteiger charge is -2.47. The number of hydrogen-bond acceptors (Lipinski definition) is 18. The molecular formula is C69H85F3N10O12SSi2. The predicted molar refractivity (Wildman–Crippen MR) is 362 cm³/mol. The number of benzene rings is 4. The Hall–Kier alpha value is -7.23. The molecule has 8 aromatic rings. The molecule has 2 saturated carbocycles. The maximum absolute atomic E-state index is 14.1. The number of amides is 2. The molecular weight excluding hydrogens is 1310 g/mol. The van der Waals surface area contributed by atoms with E-state index in [-0.39, 0.29) is 51.8 Å². The van der Waals surface area contributed by atoms with Gasteiger partial charge in [-0.15, -0.1) is 0 Å². The highest BCUT2D eigenvalue weighted by Crippen LogP contribution is 2.64. The van der Waals surface area contributed by atoms with Crippen LogP contribution >= 0.6 is 0 Å². The molecule has 4 aliphatic rings. The molecule has 97 heavy (non-hydrogen) atoms. The Morgan fingerprint density at radius 3 is 1.33 bits per heavy atom. The van der Waals surface area contributed by atoms with Crippen molar-refractivity contribution in [1.29, 1.82) is 0 Å². The normalized spacial score (nSPS) is 24.0. The van der Waals surface area contributed by atoms with Crippen LogP contribution < -0.4 is 10.6 Å². The predicted octanol–water partition coefficient (Wildman–Crippen LogP) is 13.4. The molecule has 4 aromatic carbocycles. The number of carbonyl (C=O) groups excluding carboxylic acids is 2. The van der Waals surface area contributed by atoms with Gasteiger partial charge in [-0.25, -0.2) is 29.9 Å². The van der Waals surface area contributed by atoms with Gasteiger partial charge in [-0.3, -0.25) is 22.9 Å². The molecule has 4 fully saturated rings. The molecule has 0 bridgehead atoms. The number of nitrogens with one attached hydrogen (secondary N) is 2. The standard InChI is InChI=1S/C35H42F3N5O7SSi.C34H43N5O5Si/c1-7-34(33(18-19-33)50-52(5,6)32(2,3)4)27(47-20-23-14-10-8-11-15-23)26(49-51(45,46)35(36,37)38)31(48-34)43-22-41-25-28(39-21-40-29(25)43)42-30(44)24-16-12-9-13-17-24;1-7-34(33(18-19-33)44-45(5,6)32(2,3)4)27(42-20-23-14-10-8-11-15-23)26(40)31(43-34)39-22-37-25-28(35-21-36-29(25)39)38-30(41)24-16-12-9-13-17-24/h8-17,21-22,26-27,31H,7,18-20H2,1-6H3,(H,39,40,42,44);8-17,21-22,26-27,31,40H,7,18-20H2,1-6H3,(H,35,36,38,41)/t2*26?,27?,31-,34-/m11/s1. The minimum atomic E-state index is -6.19. The summed E-state index contributed by atoms with van der Waals surface area (Å²) in [6.07, 6.45) is 1.30. The number of nitrogens with zero attached hydrogens (tertiary/aromatic N) is 8. The Kier molecular flexibility index (Phi) is 19.6. The number of anilines is 2. The second-order valence-corrected chi connectivity index (χ2v) is 39.3. The molecule has 4 aromatic heterocycles. The Morgan fingerprint density at radius 1 is 0.577 bits per heavy atom. The summed E-state index contributed by atoms with van der Waals surface area (Å²) in [5.74, 6) is -0.490. The van der Waals surface area contributed by atoms with E-state index < -0.39 is 97.4 Å². The van der Waals surface area contributed by atoms with Crippen LogP contribution in [0.1, 0.15) is 138 Å². The Morgan fingerprint density at radius 2 is 0.948 bits per heavy atom. The van der Waals surface area contributed by atoms with Crippen LogP contribution in [-0.4, -0.2) is 133 Å². The summed E-state index contributed by atoms with van der Waals surface area (Å²) in [7, 11) is -11.0. The van der Waals surface area contributed by atoms with Crippen molar-refractivity contribution in [3.8, 4) is 0 Å². The van der Waals surface area contributed by atoms with E-state index in [0.29, 0.717) is 53.7 Å². The van der Waals surface area contributed by atoms with Gasteiger partial charge in [0.15, 0.2) is 69.2 Å². The van der Waals surface area contributed by atoms with E-state index in [1.807, 2.05) is 42.5 Å². The molecule has 0 radical (unpaired) electrons. The van der Waals surface area contributed by atoms with Crippen LogP contribution in [0.2, 0.25) is 36.3 Å². The van der Waals surface area contributed by atoms with Crippen molar-refractivity contribution >= 4 is 72.5 Å². The van der Waals surface area contributed by atoms with Crippen LogP contribution in [0.5, 0.6) is 0 Å². The van der Waals surface area contributed by atoms with Crippen molar-refractivity contribution in [2.75, 3.05) is 10.6 Å². The lowest BCUT2D eigenvalue weighted by molar-refractivity contribution is -0.184. The van der Waals surface area contributed by atoms with Crippen LogP contribution in [0, 0.1) is 0 Å². The van der Waals surface area contributed by atoms with E-state index in [4.69, 9.17) is 32.0 Å². The van der Waals surface area contributed by atoms with Gasteiger partial charge in [-0.1, -0.05) is 152 Å². The summed E-state index contributed by atoms with van der Waals surface area (Å²) in [5, 5.41) is 17.4. The average molecular weight is 1390 g/mol. The molecule has 6 heterocycles. The van der Waals surface area contributed by atoms with Crippen LogP contribution in [0.25, 0.3) is 22.3 Å². The number of halogens is 3. The SMILES string of the molecule is CC[C@@]1(C2(O[Si](C)(C)C(C)(C)C)CC2)O[C@@H](n2cnc3c(NC(=O)c4ccccc4)ncnc32)C(O)C1OCc1ccccc1.CC[C@@]1(C2(O[Si](C)(C)C(C)(C)C)CC2)O[C@@H](n2cnc3c(NC(=O)c4ccccc4)ncnc32)C(OS(=O)(=O)C(F)(F)F)C1OCc1ccccc1. The van der Waals surface area contributed by atoms with Crippen molar-refractivity contribution < 1.29 is 68.3 Å². The first-order chi connectivity index (χ1) is 45.8. The summed E-state index contributed by atoms with van der Waals surface area (Å²) in [4.78, 5) is 52.3. The van der Waals surface area contributed by atoms with Crippen LogP contribution in [0.4, 0.5) is 24.8 Å². The van der Waals surface area contributed by atoms with Crippen molar-refractivity contribution in [2.24, 2.45) is 0 Å². The van der Waals surface area contributed by atoms with E-state index in [1.54, 1.807) is 96.7 Å². The Balaban J connectivity index is 0.000000199. The lowest BCUT2D eigenvalue weighted by Crippen LogP contribution is -2.60. The number of hydrogen-bond donors (Lipinski definition) is 3. The number of aromatic nitrogens is 8. The van der Waals surface area contributed by atoms with E-state index in [9.17, 15) is 36.3 Å². The number of carbonyl (C=O) groups is 2. The monoisotopic (exact) mass is 1390 g/mol. The zero-order chi connectivity index (χ0) is 69.8. The van der Waals surface area contributed by atoms with Gasteiger partial charge in [0.2, 0.25) is 0 Å². The first kappa shape index (κ1) is 71.1. The molecule has 22 nitrogen and oxygen atoms in total. The zero-order valence-electron chi connectivity index (χ0n) is 56.5. The fourth-order valence-electron chi connectivity index (χ4n) is 12.7. The third kappa shape index (κ3) is 13.7. The molecule has 12 rings (SSSR count).